The van der Waals surface area contributed by atoms with Crippen LogP contribution in [0.3, 0.4) is 0 Å². The highest BCUT2D eigenvalue weighted by molar-refractivity contribution is 6.29. The molecule has 1 aliphatic heterocycles. The van der Waals surface area contributed by atoms with Gasteiger partial charge in [0.05, 0.1) is 0 Å². The fraction of sp³-hybridized carbons (Fsp3) is 0.667. The number of nitrogens with zero attached hydrogens (tertiary/aromatic N) is 2. The fourth-order valence-electron chi connectivity index (χ4n) is 4.07. The summed E-state index contributed by atoms with van der Waals surface area (Å²) in [5.74, 6) is -0.0451. The van der Waals surface area contributed by atoms with Crippen molar-refractivity contribution in [3.05, 3.63) is 29.0 Å². The van der Waals surface area contributed by atoms with E-state index in [0.717, 1.165) is 6.54 Å². The lowest BCUT2D eigenvalue weighted by Crippen LogP contribution is -2.58. The molecular formula is C18H26ClN3O. The molecule has 0 unspecified atom stereocenters. The second-order valence-corrected chi connectivity index (χ2v) is 7.27. The fourth-order valence-corrected chi connectivity index (χ4v) is 4.25. The number of carbonyl (C=O) groups is 1. The first-order valence-corrected chi connectivity index (χ1v) is 9.22. The highest BCUT2D eigenvalue weighted by Crippen LogP contribution is 2.35. The number of amides is 1. The maximum Gasteiger partial charge on any atom is 0.251 e. The van der Waals surface area contributed by atoms with Crippen LogP contribution in [-0.2, 0) is 0 Å². The molecule has 1 aliphatic carbocycles. The Morgan fingerprint density at radius 1 is 1.17 bits per heavy atom. The number of piperidine rings is 1. The number of rotatable bonds is 4. The minimum atomic E-state index is -0.0451. The van der Waals surface area contributed by atoms with Crippen molar-refractivity contribution in [1.29, 1.82) is 0 Å². The molecule has 1 amide bonds. The maximum atomic E-state index is 12.4. The van der Waals surface area contributed by atoms with Gasteiger partial charge in [-0.05, 0) is 50.9 Å². The second-order valence-electron chi connectivity index (χ2n) is 6.88. The van der Waals surface area contributed by atoms with Gasteiger partial charge in [0.2, 0.25) is 0 Å². The maximum absolute atomic E-state index is 12.4. The molecule has 23 heavy (non-hydrogen) atoms. The Hall–Kier alpha value is -1.13. The van der Waals surface area contributed by atoms with Crippen LogP contribution in [0.1, 0.15) is 61.7 Å². The summed E-state index contributed by atoms with van der Waals surface area (Å²) < 4.78 is 0. The van der Waals surface area contributed by atoms with E-state index in [1.54, 1.807) is 18.3 Å². The van der Waals surface area contributed by atoms with Gasteiger partial charge >= 0.3 is 0 Å². The van der Waals surface area contributed by atoms with Gasteiger partial charge in [0.15, 0.2) is 0 Å². The van der Waals surface area contributed by atoms with Crippen molar-refractivity contribution >= 4 is 17.5 Å². The zero-order chi connectivity index (χ0) is 16.1. The molecule has 0 spiro atoms. The minimum Gasteiger partial charge on any atom is -0.350 e. The van der Waals surface area contributed by atoms with Crippen molar-refractivity contribution < 1.29 is 4.79 Å². The van der Waals surface area contributed by atoms with Crippen molar-refractivity contribution in [3.8, 4) is 0 Å². The van der Waals surface area contributed by atoms with Gasteiger partial charge in [-0.2, -0.15) is 0 Å². The summed E-state index contributed by atoms with van der Waals surface area (Å²) in [5, 5.41) is 3.53. The molecular weight excluding hydrogens is 310 g/mol. The lowest BCUT2D eigenvalue weighted by molar-refractivity contribution is 0.0326. The average Bonchev–Trinajstić information content (AvgIpc) is 2.61. The van der Waals surface area contributed by atoms with Crippen molar-refractivity contribution in [2.45, 2.75) is 56.9 Å². The summed E-state index contributed by atoms with van der Waals surface area (Å²) in [5.41, 5.74) is 0.750. The molecule has 0 atom stereocenters. The van der Waals surface area contributed by atoms with Gasteiger partial charge in [-0.25, -0.2) is 4.98 Å². The molecule has 2 heterocycles. The highest BCUT2D eigenvalue weighted by Gasteiger charge is 2.38. The number of halogens is 1. The van der Waals surface area contributed by atoms with Gasteiger partial charge in [-0.3, -0.25) is 9.69 Å². The SMILES string of the molecule is O=C(NCC1(N2CCCCC2)CCCCC1)c1ccnc(Cl)c1. The summed E-state index contributed by atoms with van der Waals surface area (Å²) in [6.07, 6.45) is 11.8. The number of nitrogens with one attached hydrogen (secondary N) is 1. The molecule has 0 aromatic carbocycles. The Kier molecular flexibility index (Phi) is 5.54. The van der Waals surface area contributed by atoms with Crippen LogP contribution in [0.25, 0.3) is 0 Å². The van der Waals surface area contributed by atoms with Crippen LogP contribution in [0.2, 0.25) is 5.15 Å². The van der Waals surface area contributed by atoms with Gasteiger partial charge in [0, 0.05) is 23.8 Å². The van der Waals surface area contributed by atoms with E-state index in [4.69, 9.17) is 11.6 Å². The molecule has 4 nitrogen and oxygen atoms in total. The zero-order valence-corrected chi connectivity index (χ0v) is 14.4. The lowest BCUT2D eigenvalue weighted by Gasteiger charge is -2.48. The number of hydrogen-bond acceptors (Lipinski definition) is 3. The Bertz CT molecular complexity index is 537. The first-order chi connectivity index (χ1) is 11.2. The van der Waals surface area contributed by atoms with E-state index < -0.39 is 0 Å². The van der Waals surface area contributed by atoms with Crippen LogP contribution in [-0.4, -0.2) is 41.0 Å². The van der Waals surface area contributed by atoms with Crippen LogP contribution < -0.4 is 5.32 Å². The van der Waals surface area contributed by atoms with E-state index in [2.05, 4.69) is 15.2 Å². The number of pyridine rings is 1. The van der Waals surface area contributed by atoms with Gasteiger partial charge < -0.3 is 5.32 Å². The Labute approximate surface area is 143 Å². The van der Waals surface area contributed by atoms with Crippen molar-refractivity contribution in [1.82, 2.24) is 15.2 Å². The molecule has 126 valence electrons. The largest absolute Gasteiger partial charge is 0.350 e. The number of likely N-dealkylation sites (tertiary alicyclic amines) is 1. The number of aromatic nitrogens is 1. The number of carbonyl (C=O) groups excluding carboxylic acids is 1. The average molecular weight is 336 g/mol. The third kappa shape index (κ3) is 4.04. The monoisotopic (exact) mass is 335 g/mol. The van der Waals surface area contributed by atoms with Gasteiger partial charge in [0.25, 0.3) is 5.91 Å². The van der Waals surface area contributed by atoms with E-state index in [0.29, 0.717) is 10.7 Å². The lowest BCUT2D eigenvalue weighted by atomic mass is 9.79. The summed E-state index contributed by atoms with van der Waals surface area (Å²) in [6, 6.07) is 3.35. The molecule has 0 bridgehead atoms. The third-order valence-corrected chi connectivity index (χ3v) is 5.58. The Balaban J connectivity index is 1.67. The summed E-state index contributed by atoms with van der Waals surface area (Å²) >= 11 is 5.89. The van der Waals surface area contributed by atoms with Crippen molar-refractivity contribution in [3.63, 3.8) is 0 Å². The smallest absolute Gasteiger partial charge is 0.251 e. The molecule has 1 saturated carbocycles. The standard InChI is InChI=1S/C18H26ClN3O/c19-16-13-15(7-10-20-16)17(23)21-14-18(8-3-1-4-9-18)22-11-5-2-6-12-22/h7,10,13H,1-6,8-9,11-12,14H2,(H,21,23). The molecule has 1 saturated heterocycles. The first kappa shape index (κ1) is 16.7. The van der Waals surface area contributed by atoms with Crippen LogP contribution in [0.4, 0.5) is 0 Å². The molecule has 1 aromatic rings. The van der Waals surface area contributed by atoms with Crippen molar-refractivity contribution in [2.24, 2.45) is 0 Å². The Morgan fingerprint density at radius 3 is 2.57 bits per heavy atom. The van der Waals surface area contributed by atoms with Gasteiger partial charge in [-0.15, -0.1) is 0 Å². The Morgan fingerprint density at radius 2 is 1.87 bits per heavy atom. The second kappa shape index (κ2) is 7.63. The minimum absolute atomic E-state index is 0.0451. The summed E-state index contributed by atoms with van der Waals surface area (Å²) in [4.78, 5) is 19.0. The van der Waals surface area contributed by atoms with Gasteiger partial charge in [-0.1, -0.05) is 37.3 Å². The van der Waals surface area contributed by atoms with Crippen LogP contribution >= 0.6 is 11.6 Å². The van der Waals surface area contributed by atoms with E-state index >= 15 is 0 Å². The van der Waals surface area contributed by atoms with E-state index in [1.165, 1.54) is 64.5 Å². The third-order valence-electron chi connectivity index (χ3n) is 5.38. The molecule has 1 aromatic heterocycles. The predicted octanol–water partition coefficient (Wildman–Crippen LogP) is 3.65. The van der Waals surface area contributed by atoms with E-state index in [1.807, 2.05) is 0 Å². The predicted molar refractivity (Wildman–Crippen MR) is 92.8 cm³/mol. The van der Waals surface area contributed by atoms with E-state index in [-0.39, 0.29) is 11.4 Å². The van der Waals surface area contributed by atoms with Crippen LogP contribution in [0.15, 0.2) is 18.3 Å². The topological polar surface area (TPSA) is 45.2 Å². The summed E-state index contributed by atoms with van der Waals surface area (Å²) in [7, 11) is 0. The summed E-state index contributed by atoms with van der Waals surface area (Å²) in [6.45, 7) is 3.10. The molecule has 5 heteroatoms. The molecule has 2 aliphatic rings. The molecule has 2 fully saturated rings. The molecule has 0 radical (unpaired) electrons. The van der Waals surface area contributed by atoms with Crippen LogP contribution in [0, 0.1) is 0 Å². The molecule has 1 N–H and O–H groups in total. The van der Waals surface area contributed by atoms with Crippen molar-refractivity contribution in [2.75, 3.05) is 19.6 Å². The highest BCUT2D eigenvalue weighted by atomic mass is 35.5. The normalized spacial score (nSPS) is 21.8. The van der Waals surface area contributed by atoms with E-state index in [9.17, 15) is 4.79 Å². The number of hydrogen-bond donors (Lipinski definition) is 1. The van der Waals surface area contributed by atoms with Crippen LogP contribution in [0.5, 0.6) is 0 Å². The quantitative estimate of drug-likeness (QED) is 0.854. The first-order valence-electron chi connectivity index (χ1n) is 8.84. The van der Waals surface area contributed by atoms with Gasteiger partial charge in [0.1, 0.15) is 5.15 Å². The molecule has 3 rings (SSSR count). The zero-order valence-electron chi connectivity index (χ0n) is 13.7.